The number of amides is 4. The van der Waals surface area contributed by atoms with Crippen molar-refractivity contribution in [3.05, 3.63) is 28.2 Å². The molecule has 4 N–H and O–H groups in total. The summed E-state index contributed by atoms with van der Waals surface area (Å²) in [4.78, 5) is 39.2. The Morgan fingerprint density at radius 1 is 1.23 bits per heavy atom. The summed E-state index contributed by atoms with van der Waals surface area (Å²) in [6.07, 6.45) is 4.79. The molecule has 1 aromatic rings. The first-order chi connectivity index (χ1) is 14.7. The van der Waals surface area contributed by atoms with Gasteiger partial charge < -0.3 is 15.5 Å². The molecule has 1 aliphatic rings. The zero-order valence-corrected chi connectivity index (χ0v) is 19.3. The van der Waals surface area contributed by atoms with Crippen molar-refractivity contribution < 1.29 is 19.6 Å². The third-order valence-corrected chi connectivity index (χ3v) is 6.23. The van der Waals surface area contributed by atoms with E-state index in [1.54, 1.807) is 17.6 Å². The first kappa shape index (κ1) is 25.2. The summed E-state index contributed by atoms with van der Waals surface area (Å²) >= 11 is 12.1. The van der Waals surface area contributed by atoms with E-state index in [4.69, 9.17) is 28.4 Å². The van der Waals surface area contributed by atoms with Gasteiger partial charge in [-0.25, -0.2) is 10.3 Å². The zero-order valence-electron chi connectivity index (χ0n) is 17.8. The van der Waals surface area contributed by atoms with Gasteiger partial charge in [0, 0.05) is 11.6 Å². The van der Waals surface area contributed by atoms with Crippen LogP contribution in [0, 0.1) is 11.8 Å². The molecule has 0 saturated heterocycles. The highest BCUT2D eigenvalue weighted by atomic mass is 35.5. The number of nitrogens with zero attached hydrogens (tertiary/aromatic N) is 1. The standard InChI is InChI=1S/C21H30Cl2N4O4/c1-3-13(2)19(25-21(30)24-17-10-15(22)8-9-16(17)23)20(29)27(12-18(28)26-31)11-14-6-4-5-7-14/h8-10,13-14,19,31H,3-7,11-12H2,1-2H3,(H,26,28)(H2,24,25,30)/t13?,19-/m0/s1. The molecule has 1 fully saturated rings. The predicted octanol–water partition coefficient (Wildman–Crippen LogP) is 4.05. The molecule has 1 aliphatic carbocycles. The van der Waals surface area contributed by atoms with Crippen LogP contribution in [0.3, 0.4) is 0 Å². The number of urea groups is 1. The van der Waals surface area contributed by atoms with Crippen molar-refractivity contribution in [2.45, 2.75) is 52.0 Å². The van der Waals surface area contributed by atoms with Gasteiger partial charge >= 0.3 is 6.03 Å². The van der Waals surface area contributed by atoms with Gasteiger partial charge in [0.05, 0.1) is 10.7 Å². The highest BCUT2D eigenvalue weighted by Crippen LogP contribution is 2.27. The average Bonchev–Trinajstić information content (AvgIpc) is 3.26. The summed E-state index contributed by atoms with van der Waals surface area (Å²) in [5.41, 5.74) is 1.91. The minimum Gasteiger partial charge on any atom is -0.331 e. The second-order valence-corrected chi connectivity index (χ2v) is 8.83. The van der Waals surface area contributed by atoms with E-state index < -0.39 is 18.0 Å². The van der Waals surface area contributed by atoms with Crippen LogP contribution in [0.1, 0.15) is 46.0 Å². The maximum atomic E-state index is 13.4. The Bertz CT molecular complexity index is 787. The Kier molecular flexibility index (Phi) is 9.87. The van der Waals surface area contributed by atoms with E-state index in [2.05, 4.69) is 10.6 Å². The number of nitrogens with one attached hydrogen (secondary N) is 3. The number of hydrogen-bond acceptors (Lipinski definition) is 4. The van der Waals surface area contributed by atoms with Crippen LogP contribution < -0.4 is 16.1 Å². The van der Waals surface area contributed by atoms with Gasteiger partial charge in [0.2, 0.25) is 5.91 Å². The molecular weight excluding hydrogens is 443 g/mol. The van der Waals surface area contributed by atoms with Crippen molar-refractivity contribution in [1.82, 2.24) is 15.7 Å². The molecule has 0 heterocycles. The lowest BCUT2D eigenvalue weighted by Crippen LogP contribution is -2.55. The van der Waals surface area contributed by atoms with Crippen LogP contribution in [-0.2, 0) is 9.59 Å². The largest absolute Gasteiger partial charge is 0.331 e. The van der Waals surface area contributed by atoms with Gasteiger partial charge in [-0.3, -0.25) is 14.8 Å². The van der Waals surface area contributed by atoms with Gasteiger partial charge in [-0.15, -0.1) is 0 Å². The average molecular weight is 473 g/mol. The van der Waals surface area contributed by atoms with E-state index in [1.165, 1.54) is 11.0 Å². The maximum absolute atomic E-state index is 13.4. The van der Waals surface area contributed by atoms with Crippen molar-refractivity contribution in [2.75, 3.05) is 18.4 Å². The minimum atomic E-state index is -0.851. The van der Waals surface area contributed by atoms with Crippen LogP contribution in [0.15, 0.2) is 18.2 Å². The van der Waals surface area contributed by atoms with Gasteiger partial charge in [0.15, 0.2) is 0 Å². The highest BCUT2D eigenvalue weighted by Gasteiger charge is 2.33. The van der Waals surface area contributed by atoms with Crippen molar-refractivity contribution >= 4 is 46.7 Å². The van der Waals surface area contributed by atoms with Crippen molar-refractivity contribution in [3.63, 3.8) is 0 Å². The molecule has 8 nitrogen and oxygen atoms in total. The molecule has 0 aromatic heterocycles. The lowest BCUT2D eigenvalue weighted by molar-refractivity contribution is -0.141. The Labute approximate surface area is 192 Å². The number of anilines is 1. The van der Waals surface area contributed by atoms with E-state index in [0.717, 1.165) is 25.7 Å². The first-order valence-electron chi connectivity index (χ1n) is 10.5. The molecule has 4 amide bonds. The predicted molar refractivity (Wildman–Crippen MR) is 120 cm³/mol. The number of carbonyl (C=O) groups is 3. The van der Waals surface area contributed by atoms with Gasteiger partial charge in [0.25, 0.3) is 5.91 Å². The summed E-state index contributed by atoms with van der Waals surface area (Å²) < 4.78 is 0. The smallest absolute Gasteiger partial charge is 0.319 e. The van der Waals surface area contributed by atoms with Crippen LogP contribution in [0.25, 0.3) is 0 Å². The summed E-state index contributed by atoms with van der Waals surface area (Å²) in [5, 5.41) is 15.0. The third-order valence-electron chi connectivity index (χ3n) is 5.67. The van der Waals surface area contributed by atoms with Crippen LogP contribution >= 0.6 is 23.2 Å². The summed E-state index contributed by atoms with van der Waals surface area (Å²) in [7, 11) is 0. The molecule has 0 bridgehead atoms. The van der Waals surface area contributed by atoms with Gasteiger partial charge in [0.1, 0.15) is 12.6 Å². The van der Waals surface area contributed by atoms with E-state index in [0.29, 0.717) is 34.6 Å². The molecular formula is C21H30Cl2N4O4. The molecule has 2 rings (SSSR count). The summed E-state index contributed by atoms with van der Waals surface area (Å²) in [6, 6.07) is 3.23. The minimum absolute atomic E-state index is 0.184. The molecule has 0 radical (unpaired) electrons. The molecule has 1 aromatic carbocycles. The van der Waals surface area contributed by atoms with Crippen molar-refractivity contribution in [1.29, 1.82) is 0 Å². The second kappa shape index (κ2) is 12.1. The SMILES string of the molecule is CCC(C)[C@H](NC(=O)Nc1cc(Cl)ccc1Cl)C(=O)N(CC(=O)NO)CC1CCCC1. The fourth-order valence-corrected chi connectivity index (χ4v) is 4.06. The van der Waals surface area contributed by atoms with Gasteiger partial charge in [-0.1, -0.05) is 56.3 Å². The quantitative estimate of drug-likeness (QED) is 0.320. The zero-order chi connectivity index (χ0) is 23.0. The van der Waals surface area contributed by atoms with E-state index in [9.17, 15) is 14.4 Å². The Balaban J connectivity index is 2.16. The van der Waals surface area contributed by atoms with Crippen molar-refractivity contribution in [2.24, 2.45) is 11.8 Å². The molecule has 1 saturated carbocycles. The second-order valence-electron chi connectivity index (χ2n) is 7.99. The van der Waals surface area contributed by atoms with Crippen LogP contribution in [-0.4, -0.2) is 47.1 Å². The number of hydrogen-bond donors (Lipinski definition) is 4. The van der Waals surface area contributed by atoms with Crippen molar-refractivity contribution in [3.8, 4) is 0 Å². The monoisotopic (exact) mass is 472 g/mol. The molecule has 172 valence electrons. The highest BCUT2D eigenvalue weighted by molar-refractivity contribution is 6.35. The lowest BCUT2D eigenvalue weighted by atomic mass is 9.97. The van der Waals surface area contributed by atoms with E-state index in [-0.39, 0.29) is 18.4 Å². The lowest BCUT2D eigenvalue weighted by Gasteiger charge is -2.31. The van der Waals surface area contributed by atoms with Gasteiger partial charge in [-0.2, -0.15) is 0 Å². The third kappa shape index (κ3) is 7.55. The molecule has 2 atom stereocenters. The van der Waals surface area contributed by atoms with Crippen LogP contribution in [0.5, 0.6) is 0 Å². The van der Waals surface area contributed by atoms with Gasteiger partial charge in [-0.05, 0) is 42.9 Å². The number of halogens is 2. The van der Waals surface area contributed by atoms with Crippen LogP contribution in [0.2, 0.25) is 10.0 Å². The molecule has 0 aliphatic heterocycles. The fourth-order valence-electron chi connectivity index (χ4n) is 3.72. The van der Waals surface area contributed by atoms with Crippen LogP contribution in [0.4, 0.5) is 10.5 Å². The number of rotatable bonds is 9. The Morgan fingerprint density at radius 2 is 1.90 bits per heavy atom. The normalized spacial score (nSPS) is 15.8. The number of carbonyl (C=O) groups excluding carboxylic acids is 3. The Hall–Kier alpha value is -2.03. The topological polar surface area (TPSA) is 111 Å². The summed E-state index contributed by atoms with van der Waals surface area (Å²) in [6.45, 7) is 3.90. The summed E-state index contributed by atoms with van der Waals surface area (Å²) in [5.74, 6) is -0.926. The molecule has 31 heavy (non-hydrogen) atoms. The number of hydroxylamine groups is 1. The maximum Gasteiger partial charge on any atom is 0.319 e. The van der Waals surface area contributed by atoms with E-state index in [1.807, 2.05) is 13.8 Å². The fraction of sp³-hybridized carbons (Fsp3) is 0.571. The first-order valence-corrected chi connectivity index (χ1v) is 11.2. The van der Waals surface area contributed by atoms with E-state index >= 15 is 0 Å². The number of benzene rings is 1. The molecule has 10 heteroatoms. The molecule has 1 unspecified atom stereocenters. The molecule has 0 spiro atoms. The Morgan fingerprint density at radius 3 is 2.52 bits per heavy atom.